The van der Waals surface area contributed by atoms with Gasteiger partial charge in [0.15, 0.2) is 0 Å². The maximum Gasteiger partial charge on any atom is 0.322 e. The van der Waals surface area contributed by atoms with E-state index in [9.17, 15) is 9.59 Å². The summed E-state index contributed by atoms with van der Waals surface area (Å²) in [5, 5.41) is 7.90. The molecule has 1 amide bonds. The van der Waals surface area contributed by atoms with E-state index in [4.69, 9.17) is 9.47 Å². The summed E-state index contributed by atoms with van der Waals surface area (Å²) in [4.78, 5) is 28.5. The van der Waals surface area contributed by atoms with Crippen molar-refractivity contribution in [2.45, 2.75) is 24.5 Å². The number of para-hydroxylation sites is 1. The molecule has 1 unspecified atom stereocenters. The third-order valence-corrected chi connectivity index (χ3v) is 5.66. The number of hydrazine groups is 1. The molecule has 2 aromatic carbocycles. The molecule has 0 spiro atoms. The zero-order chi connectivity index (χ0) is 23.2. The van der Waals surface area contributed by atoms with Crippen LogP contribution in [0.15, 0.2) is 65.8 Å². The molecule has 3 atom stereocenters. The van der Waals surface area contributed by atoms with Crippen LogP contribution in [0.2, 0.25) is 0 Å². The molecular formula is C24H27N5O4. The number of nitrogens with zero attached hydrogens (tertiary/aromatic N) is 2. The van der Waals surface area contributed by atoms with Crippen LogP contribution in [0.3, 0.4) is 0 Å². The van der Waals surface area contributed by atoms with E-state index in [1.807, 2.05) is 47.5 Å². The number of amides is 1. The van der Waals surface area contributed by atoms with E-state index < -0.39 is 0 Å². The first kappa shape index (κ1) is 22.3. The second kappa shape index (κ2) is 10.2. The number of hydrogen-bond donors (Lipinski definition) is 3. The zero-order valence-electron chi connectivity index (χ0n) is 18.5. The first-order chi connectivity index (χ1) is 16.1. The maximum absolute atomic E-state index is 12.6. The normalized spacial score (nSPS) is 21.5. The van der Waals surface area contributed by atoms with Gasteiger partial charge in [-0.15, -0.1) is 0 Å². The van der Waals surface area contributed by atoms with Gasteiger partial charge in [0.2, 0.25) is 0 Å². The van der Waals surface area contributed by atoms with Crippen LogP contribution < -0.4 is 20.8 Å². The minimum atomic E-state index is -0.386. The summed E-state index contributed by atoms with van der Waals surface area (Å²) in [6.45, 7) is 0.525. The van der Waals surface area contributed by atoms with Gasteiger partial charge in [0.1, 0.15) is 18.1 Å². The Morgan fingerprint density at radius 3 is 2.67 bits per heavy atom. The quantitative estimate of drug-likeness (QED) is 0.557. The number of carbonyl (C=O) groups is 2. The van der Waals surface area contributed by atoms with Gasteiger partial charge in [-0.25, -0.2) is 4.99 Å². The third-order valence-electron chi connectivity index (χ3n) is 5.66. The van der Waals surface area contributed by atoms with Crippen molar-refractivity contribution in [2.24, 2.45) is 4.99 Å². The monoisotopic (exact) mass is 449 g/mol. The highest BCUT2D eigenvalue weighted by Crippen LogP contribution is 2.31. The minimum Gasteiger partial charge on any atom is -0.496 e. The van der Waals surface area contributed by atoms with Crippen LogP contribution in [0, 0.1) is 0 Å². The molecule has 9 heteroatoms. The zero-order valence-corrected chi connectivity index (χ0v) is 18.5. The SMILES string of the molecule is COC(=O)[C@@H]1CC(NC(=O)c2ccc(NN3C=NC=C[C@H]3c3ccccc3OC)cc2)CN1. The van der Waals surface area contributed by atoms with Crippen LogP contribution >= 0.6 is 0 Å². The molecule has 0 bridgehead atoms. The molecular weight excluding hydrogens is 422 g/mol. The van der Waals surface area contributed by atoms with Crippen LogP contribution in [0.1, 0.15) is 28.4 Å². The summed E-state index contributed by atoms with van der Waals surface area (Å²) in [5.74, 6) is 0.287. The number of aliphatic imine (C=N–C) groups is 1. The van der Waals surface area contributed by atoms with E-state index in [-0.39, 0.29) is 30.0 Å². The van der Waals surface area contributed by atoms with Crippen molar-refractivity contribution in [1.29, 1.82) is 0 Å². The van der Waals surface area contributed by atoms with E-state index in [2.05, 4.69) is 21.1 Å². The molecule has 0 aliphatic carbocycles. The number of ether oxygens (including phenoxy) is 2. The topological polar surface area (TPSA) is 104 Å². The van der Waals surface area contributed by atoms with Crippen LogP contribution in [-0.2, 0) is 9.53 Å². The lowest BCUT2D eigenvalue weighted by atomic mass is 10.0. The number of nitrogens with one attached hydrogen (secondary N) is 3. The maximum atomic E-state index is 12.6. The van der Waals surface area contributed by atoms with Crippen molar-refractivity contribution in [3.05, 3.63) is 71.9 Å². The molecule has 2 aromatic rings. The van der Waals surface area contributed by atoms with Crippen LogP contribution in [0.25, 0.3) is 0 Å². The molecule has 0 saturated carbocycles. The van der Waals surface area contributed by atoms with E-state index in [1.165, 1.54) is 7.11 Å². The fourth-order valence-corrected chi connectivity index (χ4v) is 3.95. The highest BCUT2D eigenvalue weighted by Gasteiger charge is 2.31. The number of esters is 1. The predicted octanol–water partition coefficient (Wildman–Crippen LogP) is 2.25. The molecule has 4 rings (SSSR count). The van der Waals surface area contributed by atoms with E-state index in [0.29, 0.717) is 18.5 Å². The first-order valence-corrected chi connectivity index (χ1v) is 10.7. The molecule has 0 radical (unpaired) electrons. The Hall–Kier alpha value is -3.85. The van der Waals surface area contributed by atoms with Crippen molar-refractivity contribution in [1.82, 2.24) is 15.6 Å². The Balaban J connectivity index is 1.39. The highest BCUT2D eigenvalue weighted by atomic mass is 16.5. The fourth-order valence-electron chi connectivity index (χ4n) is 3.95. The van der Waals surface area contributed by atoms with Crippen molar-refractivity contribution in [3.63, 3.8) is 0 Å². The average Bonchev–Trinajstić information content (AvgIpc) is 3.32. The van der Waals surface area contributed by atoms with Gasteiger partial charge < -0.3 is 20.1 Å². The first-order valence-electron chi connectivity index (χ1n) is 10.7. The number of carbonyl (C=O) groups excluding carboxylic acids is 2. The molecule has 2 aliphatic rings. The Kier molecular flexibility index (Phi) is 6.89. The molecule has 33 heavy (non-hydrogen) atoms. The third kappa shape index (κ3) is 5.15. The number of anilines is 1. The van der Waals surface area contributed by atoms with Crippen LogP contribution in [-0.4, -0.2) is 56.1 Å². The van der Waals surface area contributed by atoms with Crippen molar-refractivity contribution < 1.29 is 19.1 Å². The summed E-state index contributed by atoms with van der Waals surface area (Å²) < 4.78 is 10.3. The summed E-state index contributed by atoms with van der Waals surface area (Å²) in [7, 11) is 3.01. The summed E-state index contributed by atoms with van der Waals surface area (Å²) >= 11 is 0. The second-order valence-corrected chi connectivity index (χ2v) is 7.78. The van der Waals surface area contributed by atoms with E-state index in [0.717, 1.165) is 17.0 Å². The lowest BCUT2D eigenvalue weighted by Crippen LogP contribution is -2.36. The number of rotatable bonds is 7. The standard InChI is InChI=1S/C24H27N5O4/c1-32-22-6-4-3-5-19(22)21-11-12-25-15-29(21)28-17-9-7-16(8-10-17)23(30)27-18-13-20(26-14-18)24(31)33-2/h3-12,15,18,20-21,26,28H,13-14H2,1-2H3,(H,27,30)/t18?,20-,21-/m0/s1. The molecule has 1 fully saturated rings. The van der Waals surface area contributed by atoms with Gasteiger partial charge in [0.25, 0.3) is 5.91 Å². The summed E-state index contributed by atoms with van der Waals surface area (Å²) in [6, 6.07) is 14.4. The van der Waals surface area contributed by atoms with Crippen molar-refractivity contribution in [3.8, 4) is 5.75 Å². The van der Waals surface area contributed by atoms with Crippen LogP contribution in [0.4, 0.5) is 5.69 Å². The molecule has 2 aliphatic heterocycles. The largest absolute Gasteiger partial charge is 0.496 e. The molecule has 172 valence electrons. The molecule has 3 N–H and O–H groups in total. The Labute approximate surface area is 192 Å². The fraction of sp³-hybridized carbons (Fsp3) is 0.292. The Bertz CT molecular complexity index is 1050. The highest BCUT2D eigenvalue weighted by molar-refractivity contribution is 5.94. The second-order valence-electron chi connectivity index (χ2n) is 7.78. The number of hydrogen-bond acceptors (Lipinski definition) is 8. The van der Waals surface area contributed by atoms with Crippen molar-refractivity contribution in [2.75, 3.05) is 26.2 Å². The lowest BCUT2D eigenvalue weighted by Gasteiger charge is -2.31. The number of benzene rings is 2. The van der Waals surface area contributed by atoms with Gasteiger partial charge in [0, 0.05) is 29.9 Å². The average molecular weight is 450 g/mol. The van der Waals surface area contributed by atoms with Gasteiger partial charge in [-0.2, -0.15) is 0 Å². The Morgan fingerprint density at radius 1 is 1.12 bits per heavy atom. The van der Waals surface area contributed by atoms with Gasteiger partial charge in [-0.1, -0.05) is 18.2 Å². The number of methoxy groups -OCH3 is 2. The minimum absolute atomic E-state index is 0.112. The van der Waals surface area contributed by atoms with E-state index >= 15 is 0 Å². The smallest absolute Gasteiger partial charge is 0.322 e. The van der Waals surface area contributed by atoms with Gasteiger partial charge in [-0.05, 0) is 42.8 Å². The predicted molar refractivity (Wildman–Crippen MR) is 125 cm³/mol. The lowest BCUT2D eigenvalue weighted by molar-refractivity contribution is -0.142. The van der Waals surface area contributed by atoms with Crippen molar-refractivity contribution >= 4 is 23.9 Å². The van der Waals surface area contributed by atoms with Gasteiger partial charge in [-0.3, -0.25) is 20.0 Å². The molecule has 0 aromatic heterocycles. The molecule has 1 saturated heterocycles. The summed E-state index contributed by atoms with van der Waals surface area (Å²) in [5.41, 5.74) is 5.67. The van der Waals surface area contributed by atoms with Crippen LogP contribution in [0.5, 0.6) is 5.75 Å². The van der Waals surface area contributed by atoms with Gasteiger partial charge >= 0.3 is 5.97 Å². The Morgan fingerprint density at radius 2 is 1.91 bits per heavy atom. The van der Waals surface area contributed by atoms with Gasteiger partial charge in [0.05, 0.1) is 25.9 Å². The summed E-state index contributed by atoms with van der Waals surface area (Å²) in [6.07, 6.45) is 5.95. The van der Waals surface area contributed by atoms with E-state index in [1.54, 1.807) is 31.8 Å². The molecule has 9 nitrogen and oxygen atoms in total. The molecule has 2 heterocycles.